The Hall–Kier alpha value is -3.68. The van der Waals surface area contributed by atoms with Crippen LogP contribution in [0.15, 0.2) is 54.6 Å². The van der Waals surface area contributed by atoms with Gasteiger partial charge in [-0.1, -0.05) is 6.07 Å². The van der Waals surface area contributed by atoms with Crippen molar-refractivity contribution < 1.29 is 9.18 Å². The highest BCUT2D eigenvalue weighted by Crippen LogP contribution is 2.23. The van der Waals surface area contributed by atoms with E-state index in [0.29, 0.717) is 17.2 Å². The zero-order valence-corrected chi connectivity index (χ0v) is 16.7. The van der Waals surface area contributed by atoms with Crippen LogP contribution in [-0.2, 0) is 0 Å². The zero-order valence-electron chi connectivity index (χ0n) is 16.7. The average molecular weight is 406 g/mol. The van der Waals surface area contributed by atoms with E-state index < -0.39 is 11.8 Å². The first-order valence-corrected chi connectivity index (χ1v) is 9.86. The zero-order chi connectivity index (χ0) is 20.9. The first-order chi connectivity index (χ1) is 14.5. The third kappa shape index (κ3) is 5.02. The van der Waals surface area contributed by atoms with Gasteiger partial charge in [0.25, 0.3) is 0 Å². The molecule has 0 spiro atoms. The van der Waals surface area contributed by atoms with Crippen molar-refractivity contribution >= 4 is 34.7 Å². The van der Waals surface area contributed by atoms with Crippen molar-refractivity contribution in [3.8, 4) is 0 Å². The maximum Gasteiger partial charge on any atom is 0.323 e. The molecule has 3 aromatic rings. The predicted molar refractivity (Wildman–Crippen MR) is 117 cm³/mol. The van der Waals surface area contributed by atoms with Crippen LogP contribution in [0, 0.1) is 12.7 Å². The van der Waals surface area contributed by atoms with Crippen LogP contribution in [0.5, 0.6) is 0 Å². The van der Waals surface area contributed by atoms with Gasteiger partial charge in [0.1, 0.15) is 23.3 Å². The van der Waals surface area contributed by atoms with Crippen LogP contribution in [-0.4, -0.2) is 29.1 Å². The summed E-state index contributed by atoms with van der Waals surface area (Å²) in [7, 11) is 0. The second-order valence-electron chi connectivity index (χ2n) is 7.14. The number of rotatable bonds is 5. The number of anilines is 5. The van der Waals surface area contributed by atoms with E-state index in [9.17, 15) is 9.18 Å². The summed E-state index contributed by atoms with van der Waals surface area (Å²) in [6.07, 6.45) is 2.38. The topological polar surface area (TPSA) is 82.2 Å². The maximum atomic E-state index is 13.2. The molecule has 1 aromatic heterocycles. The fourth-order valence-corrected chi connectivity index (χ4v) is 3.37. The summed E-state index contributed by atoms with van der Waals surface area (Å²) in [6, 6.07) is 14.5. The van der Waals surface area contributed by atoms with E-state index in [1.54, 1.807) is 18.2 Å². The highest BCUT2D eigenvalue weighted by atomic mass is 19.1. The Labute approximate surface area is 174 Å². The number of carbonyl (C=O) groups excluding carboxylic acids is 1. The van der Waals surface area contributed by atoms with Crippen LogP contribution in [0.4, 0.5) is 37.9 Å². The van der Waals surface area contributed by atoms with Crippen LogP contribution in [0.3, 0.4) is 0 Å². The van der Waals surface area contributed by atoms with Crippen LogP contribution in [0.1, 0.15) is 18.7 Å². The van der Waals surface area contributed by atoms with Crippen molar-refractivity contribution in [1.29, 1.82) is 0 Å². The molecule has 2 amide bonds. The van der Waals surface area contributed by atoms with E-state index in [2.05, 4.69) is 30.8 Å². The molecule has 0 atom stereocenters. The van der Waals surface area contributed by atoms with Crippen molar-refractivity contribution in [2.45, 2.75) is 19.8 Å². The number of aryl methyl sites for hydroxylation is 1. The summed E-state index contributed by atoms with van der Waals surface area (Å²) < 4.78 is 13.2. The van der Waals surface area contributed by atoms with Gasteiger partial charge < -0.3 is 20.9 Å². The van der Waals surface area contributed by atoms with E-state index >= 15 is 0 Å². The van der Waals surface area contributed by atoms with Gasteiger partial charge in [-0.2, -0.15) is 0 Å². The van der Waals surface area contributed by atoms with Crippen molar-refractivity contribution in [1.82, 2.24) is 9.97 Å². The summed E-state index contributed by atoms with van der Waals surface area (Å²) in [6.45, 7) is 3.93. The van der Waals surface area contributed by atoms with Crippen molar-refractivity contribution in [2.75, 3.05) is 33.9 Å². The lowest BCUT2D eigenvalue weighted by Crippen LogP contribution is -2.20. The van der Waals surface area contributed by atoms with Gasteiger partial charge in [-0.05, 0) is 62.2 Å². The quantitative estimate of drug-likeness (QED) is 0.561. The molecule has 30 heavy (non-hydrogen) atoms. The molecule has 1 aliphatic rings. The molecule has 0 bridgehead atoms. The number of benzene rings is 2. The van der Waals surface area contributed by atoms with E-state index in [-0.39, 0.29) is 0 Å². The minimum absolute atomic E-state index is 0.388. The highest BCUT2D eigenvalue weighted by molar-refractivity contribution is 5.99. The van der Waals surface area contributed by atoms with E-state index in [1.165, 1.54) is 31.0 Å². The maximum absolute atomic E-state index is 13.2. The lowest BCUT2D eigenvalue weighted by Gasteiger charge is -2.18. The average Bonchev–Trinajstić information content (AvgIpc) is 3.24. The van der Waals surface area contributed by atoms with Gasteiger partial charge in [0, 0.05) is 36.2 Å². The minimum atomic E-state index is -0.442. The van der Waals surface area contributed by atoms with Gasteiger partial charge in [-0.25, -0.2) is 19.2 Å². The summed E-state index contributed by atoms with van der Waals surface area (Å²) in [4.78, 5) is 23.4. The number of nitrogens with zero attached hydrogens (tertiary/aromatic N) is 3. The Kier molecular flexibility index (Phi) is 5.74. The molecular weight excluding hydrogens is 383 g/mol. The summed E-state index contributed by atoms with van der Waals surface area (Å²) in [5.41, 5.74) is 1.85. The second kappa shape index (κ2) is 8.77. The number of halogens is 1. The van der Waals surface area contributed by atoms with Gasteiger partial charge in [-0.3, -0.25) is 0 Å². The number of nitrogens with one attached hydrogen (secondary N) is 3. The van der Waals surface area contributed by atoms with Gasteiger partial charge in [0.15, 0.2) is 0 Å². The number of urea groups is 1. The third-order valence-electron chi connectivity index (χ3n) is 4.75. The molecular formula is C22H23FN6O. The Morgan fingerprint density at radius 3 is 2.37 bits per heavy atom. The van der Waals surface area contributed by atoms with E-state index in [0.717, 1.165) is 30.4 Å². The molecule has 1 fully saturated rings. The Morgan fingerprint density at radius 1 is 0.933 bits per heavy atom. The second-order valence-corrected chi connectivity index (χ2v) is 7.14. The van der Waals surface area contributed by atoms with Crippen molar-refractivity contribution in [2.24, 2.45) is 0 Å². The summed E-state index contributed by atoms with van der Waals surface area (Å²) in [5, 5.41) is 8.61. The van der Waals surface area contributed by atoms with E-state index in [1.807, 2.05) is 25.1 Å². The smallest absolute Gasteiger partial charge is 0.323 e. The standard InChI is InChI=1S/C22H23FN6O/c1-15-24-20(14-21(25-15)29-11-2-3-12-29)26-17-7-9-18(10-8-17)27-22(30)28-19-6-4-5-16(23)13-19/h4-10,13-14H,2-3,11-12H2,1H3,(H,24,25,26)(H2,27,28,30). The minimum Gasteiger partial charge on any atom is -0.356 e. The molecule has 0 unspecified atom stereocenters. The molecule has 1 saturated heterocycles. The van der Waals surface area contributed by atoms with Crippen LogP contribution < -0.4 is 20.9 Å². The van der Waals surface area contributed by atoms with Crippen molar-refractivity contribution in [3.63, 3.8) is 0 Å². The molecule has 2 aromatic carbocycles. The first-order valence-electron chi connectivity index (χ1n) is 9.86. The molecule has 0 saturated carbocycles. The highest BCUT2D eigenvalue weighted by Gasteiger charge is 2.15. The number of amides is 2. The lowest BCUT2D eigenvalue weighted by atomic mass is 10.2. The van der Waals surface area contributed by atoms with Gasteiger partial charge >= 0.3 is 6.03 Å². The Bertz CT molecular complexity index is 1030. The van der Waals surface area contributed by atoms with Crippen LogP contribution >= 0.6 is 0 Å². The number of hydrogen-bond donors (Lipinski definition) is 3. The fourth-order valence-electron chi connectivity index (χ4n) is 3.37. The van der Waals surface area contributed by atoms with E-state index in [4.69, 9.17) is 0 Å². The van der Waals surface area contributed by atoms with Crippen LogP contribution in [0.25, 0.3) is 0 Å². The SMILES string of the molecule is Cc1nc(Nc2ccc(NC(=O)Nc3cccc(F)c3)cc2)cc(N2CCCC2)n1. The van der Waals surface area contributed by atoms with Gasteiger partial charge in [0.05, 0.1) is 0 Å². The van der Waals surface area contributed by atoms with Crippen LogP contribution in [0.2, 0.25) is 0 Å². The number of hydrogen-bond acceptors (Lipinski definition) is 5. The summed E-state index contributed by atoms with van der Waals surface area (Å²) in [5.74, 6) is 1.98. The monoisotopic (exact) mass is 406 g/mol. The lowest BCUT2D eigenvalue weighted by molar-refractivity contribution is 0.262. The van der Waals surface area contributed by atoms with Gasteiger partial charge in [-0.15, -0.1) is 0 Å². The molecule has 0 radical (unpaired) electrons. The third-order valence-corrected chi connectivity index (χ3v) is 4.75. The number of aromatic nitrogens is 2. The molecule has 7 nitrogen and oxygen atoms in total. The fraction of sp³-hybridized carbons (Fsp3) is 0.227. The molecule has 4 rings (SSSR count). The Balaban J connectivity index is 1.38. The molecule has 2 heterocycles. The molecule has 3 N–H and O–H groups in total. The first kappa shape index (κ1) is 19.6. The molecule has 0 aliphatic carbocycles. The normalized spacial score (nSPS) is 13.2. The van der Waals surface area contributed by atoms with Gasteiger partial charge in [0.2, 0.25) is 0 Å². The molecule has 154 valence electrons. The number of carbonyl (C=O) groups is 1. The largest absolute Gasteiger partial charge is 0.356 e. The predicted octanol–water partition coefficient (Wildman–Crippen LogP) is 4.91. The Morgan fingerprint density at radius 2 is 1.63 bits per heavy atom. The van der Waals surface area contributed by atoms with Crippen molar-refractivity contribution in [3.05, 3.63) is 66.2 Å². The molecule has 8 heteroatoms. The molecule has 1 aliphatic heterocycles. The summed E-state index contributed by atoms with van der Waals surface area (Å²) >= 11 is 0.